The summed E-state index contributed by atoms with van der Waals surface area (Å²) in [6, 6.07) is -1.07. The second kappa shape index (κ2) is 12.5. The number of carbonyl (C=O) groups is 3. The van der Waals surface area contributed by atoms with Crippen LogP contribution in [-0.2, 0) is 23.9 Å². The molecule has 8 nitrogen and oxygen atoms in total. The van der Waals surface area contributed by atoms with Gasteiger partial charge in [0.15, 0.2) is 0 Å². The number of amides is 1. The molecule has 3 N–H and O–H groups in total. The number of ether oxygens (including phenoxy) is 2. The van der Waals surface area contributed by atoms with Crippen LogP contribution in [-0.4, -0.2) is 69.3 Å². The van der Waals surface area contributed by atoms with Gasteiger partial charge >= 0.3 is 5.97 Å². The second-order valence-corrected chi connectivity index (χ2v) is 3.97. The van der Waals surface area contributed by atoms with E-state index in [1.807, 2.05) is 7.05 Å². The van der Waals surface area contributed by atoms with E-state index in [1.165, 1.54) is 0 Å². The Labute approximate surface area is 117 Å². The molecular formula is C12H22N2O6. The van der Waals surface area contributed by atoms with Crippen LogP contribution < -0.4 is 10.6 Å². The van der Waals surface area contributed by atoms with E-state index in [2.05, 4.69) is 10.6 Å². The van der Waals surface area contributed by atoms with Crippen molar-refractivity contribution in [1.29, 1.82) is 0 Å². The van der Waals surface area contributed by atoms with Gasteiger partial charge in [0, 0.05) is 13.0 Å². The number of hydrogen-bond acceptors (Lipinski definition) is 6. The number of aldehydes is 1. The maximum atomic E-state index is 11.4. The Morgan fingerprint density at radius 1 is 1.25 bits per heavy atom. The molecule has 0 aromatic carbocycles. The van der Waals surface area contributed by atoms with Crippen molar-refractivity contribution in [1.82, 2.24) is 10.6 Å². The zero-order chi connectivity index (χ0) is 15.2. The van der Waals surface area contributed by atoms with Gasteiger partial charge in [-0.05, 0) is 13.5 Å². The number of nitrogens with one attached hydrogen (secondary N) is 2. The highest BCUT2D eigenvalue weighted by atomic mass is 16.5. The molecule has 1 atom stereocenters. The molecule has 1 unspecified atom stereocenters. The Kier molecular flexibility index (Phi) is 11.6. The molecule has 0 aliphatic carbocycles. The summed E-state index contributed by atoms with van der Waals surface area (Å²) in [5.74, 6) is -1.70. The zero-order valence-electron chi connectivity index (χ0n) is 11.6. The zero-order valence-corrected chi connectivity index (χ0v) is 11.6. The van der Waals surface area contributed by atoms with E-state index < -0.39 is 17.9 Å². The Morgan fingerprint density at radius 2 is 1.95 bits per heavy atom. The number of carbonyl (C=O) groups excluding carboxylic acids is 2. The number of carboxylic acid groups (broad SMARTS) is 1. The molecule has 116 valence electrons. The van der Waals surface area contributed by atoms with Gasteiger partial charge < -0.3 is 30.0 Å². The topological polar surface area (TPSA) is 114 Å². The summed E-state index contributed by atoms with van der Waals surface area (Å²) >= 11 is 0. The van der Waals surface area contributed by atoms with Crippen LogP contribution in [0.1, 0.15) is 12.8 Å². The van der Waals surface area contributed by atoms with Gasteiger partial charge in [-0.3, -0.25) is 4.79 Å². The van der Waals surface area contributed by atoms with Crippen LogP contribution in [0.2, 0.25) is 0 Å². The monoisotopic (exact) mass is 290 g/mol. The second-order valence-electron chi connectivity index (χ2n) is 3.97. The van der Waals surface area contributed by atoms with E-state index in [-0.39, 0.29) is 26.1 Å². The average molecular weight is 290 g/mol. The molecule has 0 saturated carbocycles. The molecule has 8 heteroatoms. The summed E-state index contributed by atoms with van der Waals surface area (Å²) in [5, 5.41) is 14.0. The van der Waals surface area contributed by atoms with Gasteiger partial charge in [-0.2, -0.15) is 0 Å². The van der Waals surface area contributed by atoms with Crippen molar-refractivity contribution >= 4 is 18.2 Å². The number of hydrogen-bond donors (Lipinski definition) is 3. The molecule has 0 fully saturated rings. The first kappa shape index (κ1) is 18.5. The third-order valence-corrected chi connectivity index (χ3v) is 2.31. The lowest BCUT2D eigenvalue weighted by atomic mass is 10.1. The Bertz CT molecular complexity index is 298. The van der Waals surface area contributed by atoms with E-state index in [0.717, 1.165) is 6.54 Å². The lowest BCUT2D eigenvalue weighted by Gasteiger charge is -2.13. The SMILES string of the molecule is CNCCOCCOCC(=O)NC(CCC=O)C(=O)O. The summed E-state index contributed by atoms with van der Waals surface area (Å²) in [5.41, 5.74) is 0. The molecule has 0 aliphatic rings. The summed E-state index contributed by atoms with van der Waals surface area (Å²) in [7, 11) is 1.81. The van der Waals surface area contributed by atoms with Crippen molar-refractivity contribution in [2.24, 2.45) is 0 Å². The van der Waals surface area contributed by atoms with E-state index >= 15 is 0 Å². The molecule has 0 saturated heterocycles. The van der Waals surface area contributed by atoms with Crippen molar-refractivity contribution in [2.45, 2.75) is 18.9 Å². The van der Waals surface area contributed by atoms with Crippen molar-refractivity contribution in [3.63, 3.8) is 0 Å². The Morgan fingerprint density at radius 3 is 2.55 bits per heavy atom. The van der Waals surface area contributed by atoms with E-state index in [4.69, 9.17) is 14.6 Å². The molecule has 0 aromatic heterocycles. The van der Waals surface area contributed by atoms with Gasteiger partial charge in [0.05, 0.1) is 19.8 Å². The molecule has 0 rings (SSSR count). The highest BCUT2D eigenvalue weighted by molar-refractivity contribution is 5.84. The summed E-state index contributed by atoms with van der Waals surface area (Å²) in [6.07, 6.45) is 0.760. The quantitative estimate of drug-likeness (QED) is 0.288. The first-order valence-corrected chi connectivity index (χ1v) is 6.37. The predicted molar refractivity (Wildman–Crippen MR) is 70.4 cm³/mol. The predicted octanol–water partition coefficient (Wildman–Crippen LogP) is -1.21. The molecule has 0 aromatic rings. The number of aliphatic carboxylic acids is 1. The van der Waals surface area contributed by atoms with Crippen molar-refractivity contribution in [3.8, 4) is 0 Å². The fourth-order valence-electron chi connectivity index (χ4n) is 1.29. The Hall–Kier alpha value is -1.51. The van der Waals surface area contributed by atoms with E-state index in [1.54, 1.807) is 0 Å². The lowest BCUT2D eigenvalue weighted by molar-refractivity contribution is -0.142. The van der Waals surface area contributed by atoms with E-state index in [9.17, 15) is 14.4 Å². The van der Waals surface area contributed by atoms with Crippen LogP contribution in [0, 0.1) is 0 Å². The van der Waals surface area contributed by atoms with Gasteiger partial charge in [-0.15, -0.1) is 0 Å². The van der Waals surface area contributed by atoms with Crippen molar-refractivity contribution in [2.75, 3.05) is 40.0 Å². The van der Waals surface area contributed by atoms with Gasteiger partial charge in [0.2, 0.25) is 5.91 Å². The van der Waals surface area contributed by atoms with Crippen molar-refractivity contribution < 1.29 is 29.0 Å². The van der Waals surface area contributed by atoms with Crippen molar-refractivity contribution in [3.05, 3.63) is 0 Å². The summed E-state index contributed by atoms with van der Waals surface area (Å²) < 4.78 is 10.2. The van der Waals surface area contributed by atoms with Crippen LogP contribution in [0.25, 0.3) is 0 Å². The van der Waals surface area contributed by atoms with Gasteiger partial charge in [0.25, 0.3) is 0 Å². The van der Waals surface area contributed by atoms with Crippen LogP contribution in [0.15, 0.2) is 0 Å². The number of carboxylic acids is 1. The molecule has 0 radical (unpaired) electrons. The fourth-order valence-corrected chi connectivity index (χ4v) is 1.29. The fraction of sp³-hybridized carbons (Fsp3) is 0.750. The molecule has 1 amide bonds. The first-order valence-electron chi connectivity index (χ1n) is 6.37. The van der Waals surface area contributed by atoms with Crippen LogP contribution >= 0.6 is 0 Å². The normalized spacial score (nSPS) is 11.8. The minimum atomic E-state index is -1.17. The van der Waals surface area contributed by atoms with Gasteiger partial charge in [-0.1, -0.05) is 0 Å². The van der Waals surface area contributed by atoms with Crippen LogP contribution in [0.4, 0.5) is 0 Å². The summed E-state index contributed by atoms with van der Waals surface area (Å²) in [4.78, 5) is 32.4. The average Bonchev–Trinajstić information content (AvgIpc) is 2.42. The maximum absolute atomic E-state index is 11.4. The van der Waals surface area contributed by atoms with Crippen LogP contribution in [0.3, 0.4) is 0 Å². The third kappa shape index (κ3) is 10.4. The smallest absolute Gasteiger partial charge is 0.326 e. The first-order chi connectivity index (χ1) is 9.61. The highest BCUT2D eigenvalue weighted by Crippen LogP contribution is 1.95. The molecule has 0 spiro atoms. The van der Waals surface area contributed by atoms with Gasteiger partial charge in [0.1, 0.15) is 18.9 Å². The molecule has 20 heavy (non-hydrogen) atoms. The minimum Gasteiger partial charge on any atom is -0.480 e. The van der Waals surface area contributed by atoms with Crippen LogP contribution in [0.5, 0.6) is 0 Å². The highest BCUT2D eigenvalue weighted by Gasteiger charge is 2.19. The molecule has 0 heterocycles. The Balaban J connectivity index is 3.69. The number of rotatable bonds is 13. The standard InChI is InChI=1S/C12H22N2O6/c1-13-4-6-19-7-8-20-9-11(16)14-10(12(17)18)3-2-5-15/h5,10,13H,2-4,6-9H2,1H3,(H,14,16)(H,17,18). The van der Waals surface area contributed by atoms with E-state index in [0.29, 0.717) is 19.5 Å². The largest absolute Gasteiger partial charge is 0.480 e. The number of likely N-dealkylation sites (N-methyl/N-ethyl adjacent to an activating group) is 1. The minimum absolute atomic E-state index is 0.0672. The third-order valence-electron chi connectivity index (χ3n) is 2.31. The lowest BCUT2D eigenvalue weighted by Crippen LogP contribution is -2.42. The van der Waals surface area contributed by atoms with Gasteiger partial charge in [-0.25, -0.2) is 4.79 Å². The summed E-state index contributed by atoms with van der Waals surface area (Å²) in [6.45, 7) is 1.67. The molecular weight excluding hydrogens is 268 g/mol. The maximum Gasteiger partial charge on any atom is 0.326 e. The molecule has 0 bridgehead atoms. The molecule has 0 aliphatic heterocycles.